The van der Waals surface area contributed by atoms with E-state index in [2.05, 4.69) is 31.5 Å². The molecule has 1 aromatic heterocycles. The van der Waals surface area contributed by atoms with Crippen molar-refractivity contribution in [2.45, 2.75) is 24.9 Å². The number of nitrogens with zero attached hydrogens (tertiary/aromatic N) is 1. The van der Waals surface area contributed by atoms with Crippen LogP contribution in [0.4, 0.5) is 0 Å². The van der Waals surface area contributed by atoms with Gasteiger partial charge in [0.25, 0.3) is 5.91 Å². The maximum absolute atomic E-state index is 11.9. The van der Waals surface area contributed by atoms with Gasteiger partial charge in [0, 0.05) is 12.1 Å². The van der Waals surface area contributed by atoms with Gasteiger partial charge in [-0.3, -0.25) is 4.79 Å². The smallest absolute Gasteiger partial charge is 0.280 e. The molecule has 2 N–H and O–H groups in total. The monoisotopic (exact) mass is 301 g/mol. The molecule has 86 valence electrons. The number of halogens is 1. The molecule has 1 aliphatic heterocycles. The number of amides is 1. The van der Waals surface area contributed by atoms with Crippen molar-refractivity contribution in [3.05, 3.63) is 15.0 Å². The van der Waals surface area contributed by atoms with Gasteiger partial charge in [-0.2, -0.15) is 0 Å². The fourth-order valence-electron chi connectivity index (χ4n) is 2.60. The maximum atomic E-state index is 11.9. The first-order chi connectivity index (χ1) is 7.72. The van der Waals surface area contributed by atoms with E-state index in [4.69, 9.17) is 0 Å². The summed E-state index contributed by atoms with van der Waals surface area (Å²) in [4.78, 5) is 15.9. The van der Waals surface area contributed by atoms with Crippen LogP contribution in [0.1, 0.15) is 22.6 Å². The lowest BCUT2D eigenvalue weighted by Gasteiger charge is -2.23. The zero-order valence-corrected chi connectivity index (χ0v) is 11.0. The van der Waals surface area contributed by atoms with Crippen LogP contribution < -0.4 is 10.6 Å². The highest BCUT2D eigenvalue weighted by atomic mass is 79.9. The summed E-state index contributed by atoms with van der Waals surface area (Å²) >= 11 is 4.68. The minimum Gasteiger partial charge on any atom is -0.346 e. The van der Waals surface area contributed by atoms with Gasteiger partial charge in [-0.05, 0) is 41.2 Å². The van der Waals surface area contributed by atoms with Crippen LogP contribution in [0.5, 0.6) is 0 Å². The molecule has 1 aromatic rings. The van der Waals surface area contributed by atoms with Gasteiger partial charge < -0.3 is 10.6 Å². The molecule has 2 aliphatic rings. The quantitative estimate of drug-likeness (QED) is 0.868. The van der Waals surface area contributed by atoms with Gasteiger partial charge in [-0.25, -0.2) is 4.98 Å². The Morgan fingerprint density at radius 1 is 1.62 bits per heavy atom. The second kappa shape index (κ2) is 4.09. The number of hydrogen-bond donors (Lipinski definition) is 2. The highest BCUT2D eigenvalue weighted by molar-refractivity contribution is 9.11. The molecule has 16 heavy (non-hydrogen) atoms. The normalized spacial score (nSPS) is 31.9. The first-order valence-corrected chi connectivity index (χ1v) is 6.99. The lowest BCUT2D eigenvalue weighted by molar-refractivity contribution is 0.0928. The molecule has 2 fully saturated rings. The minimum absolute atomic E-state index is 0.0462. The van der Waals surface area contributed by atoms with Crippen LogP contribution in [-0.4, -0.2) is 29.5 Å². The molecule has 0 unspecified atom stereocenters. The summed E-state index contributed by atoms with van der Waals surface area (Å²) in [6.07, 6.45) is 3.97. The van der Waals surface area contributed by atoms with Gasteiger partial charge in [0.15, 0.2) is 5.01 Å². The first kappa shape index (κ1) is 10.7. The summed E-state index contributed by atoms with van der Waals surface area (Å²) in [5.74, 6) is 0.702. The topological polar surface area (TPSA) is 54.0 Å². The van der Waals surface area contributed by atoms with Crippen LogP contribution in [0.15, 0.2) is 9.98 Å². The van der Waals surface area contributed by atoms with Crippen molar-refractivity contribution in [3.63, 3.8) is 0 Å². The SMILES string of the molecule is O=C(N[C@H]1C[C@@H]2CN[C@H]1C2)c1ncc(Br)s1. The van der Waals surface area contributed by atoms with Crippen molar-refractivity contribution < 1.29 is 4.79 Å². The zero-order valence-electron chi connectivity index (χ0n) is 8.57. The van der Waals surface area contributed by atoms with Crippen LogP contribution in [0, 0.1) is 5.92 Å². The highest BCUT2D eigenvalue weighted by Crippen LogP contribution is 2.31. The third-order valence-electron chi connectivity index (χ3n) is 3.32. The van der Waals surface area contributed by atoms with Crippen molar-refractivity contribution in [3.8, 4) is 0 Å². The van der Waals surface area contributed by atoms with Gasteiger partial charge >= 0.3 is 0 Å². The molecule has 2 bridgehead atoms. The van der Waals surface area contributed by atoms with Crippen LogP contribution in [0.2, 0.25) is 0 Å². The molecule has 1 aliphatic carbocycles. The summed E-state index contributed by atoms with van der Waals surface area (Å²) in [6.45, 7) is 1.11. The second-order valence-corrected chi connectivity index (χ2v) is 6.81. The van der Waals surface area contributed by atoms with Crippen molar-refractivity contribution in [1.29, 1.82) is 0 Å². The number of thiazole rings is 1. The lowest BCUT2D eigenvalue weighted by atomic mass is 10.1. The highest BCUT2D eigenvalue weighted by Gasteiger charge is 2.40. The van der Waals surface area contributed by atoms with Crippen LogP contribution in [0.3, 0.4) is 0 Å². The van der Waals surface area contributed by atoms with Crippen LogP contribution in [-0.2, 0) is 0 Å². The Kier molecular flexibility index (Phi) is 2.73. The number of hydrogen-bond acceptors (Lipinski definition) is 4. The number of aromatic nitrogens is 1. The Labute approximate surface area is 106 Å². The predicted molar refractivity (Wildman–Crippen MR) is 65.6 cm³/mol. The van der Waals surface area contributed by atoms with Crippen molar-refractivity contribution in [1.82, 2.24) is 15.6 Å². The Balaban J connectivity index is 1.65. The average molecular weight is 302 g/mol. The van der Waals surface area contributed by atoms with E-state index in [-0.39, 0.29) is 11.9 Å². The van der Waals surface area contributed by atoms with Crippen molar-refractivity contribution >= 4 is 33.2 Å². The number of fused-ring (bicyclic) bond motifs is 2. The molecule has 6 heteroatoms. The van der Waals surface area contributed by atoms with Crippen molar-refractivity contribution in [2.24, 2.45) is 5.92 Å². The first-order valence-electron chi connectivity index (χ1n) is 5.38. The number of piperidine rings is 1. The Morgan fingerprint density at radius 3 is 3.06 bits per heavy atom. The van der Waals surface area contributed by atoms with Gasteiger partial charge in [-0.1, -0.05) is 0 Å². The van der Waals surface area contributed by atoms with E-state index in [0.717, 1.165) is 22.7 Å². The van der Waals surface area contributed by atoms with Gasteiger partial charge in [0.1, 0.15) is 0 Å². The van der Waals surface area contributed by atoms with E-state index in [1.165, 1.54) is 17.8 Å². The fourth-order valence-corrected chi connectivity index (χ4v) is 3.71. The molecule has 1 saturated heterocycles. The molecule has 0 radical (unpaired) electrons. The Morgan fingerprint density at radius 2 is 2.50 bits per heavy atom. The molecule has 3 atom stereocenters. The number of carbonyl (C=O) groups excluding carboxylic acids is 1. The molecule has 1 amide bonds. The van der Waals surface area contributed by atoms with E-state index in [9.17, 15) is 4.79 Å². The maximum Gasteiger partial charge on any atom is 0.280 e. The third-order valence-corrected chi connectivity index (χ3v) is 4.79. The zero-order chi connectivity index (χ0) is 11.1. The molecule has 4 nitrogen and oxygen atoms in total. The van der Waals surface area contributed by atoms with Gasteiger partial charge in [0.2, 0.25) is 0 Å². The summed E-state index contributed by atoms with van der Waals surface area (Å²) in [5.41, 5.74) is 0. The minimum atomic E-state index is -0.0462. The predicted octanol–water partition coefficient (Wildman–Crippen LogP) is 1.39. The van der Waals surface area contributed by atoms with E-state index < -0.39 is 0 Å². The second-order valence-electron chi connectivity index (χ2n) is 4.40. The summed E-state index contributed by atoms with van der Waals surface area (Å²) in [6, 6.07) is 0.756. The lowest BCUT2D eigenvalue weighted by Crippen LogP contribution is -2.47. The molecule has 2 heterocycles. The average Bonchev–Trinajstić information content (AvgIpc) is 2.92. The van der Waals surface area contributed by atoms with E-state index in [1.54, 1.807) is 6.20 Å². The molecular formula is C10H12BrN3OS. The summed E-state index contributed by atoms with van der Waals surface area (Å²) in [7, 11) is 0. The van der Waals surface area contributed by atoms with Gasteiger partial charge in [0.05, 0.1) is 9.98 Å². The summed E-state index contributed by atoms with van der Waals surface area (Å²) < 4.78 is 0.892. The Hall–Kier alpha value is -0.460. The standard InChI is InChI=1S/C10H12BrN3OS/c11-8-4-13-10(16-8)9(15)14-7-2-5-1-6(7)12-3-5/h4-7,12H,1-3H2,(H,14,15)/t5-,6+,7+/m1/s1. The third kappa shape index (κ3) is 1.89. The number of carbonyl (C=O) groups is 1. The molecule has 1 saturated carbocycles. The van der Waals surface area contributed by atoms with Crippen molar-refractivity contribution in [2.75, 3.05) is 6.54 Å². The van der Waals surface area contributed by atoms with Gasteiger partial charge in [-0.15, -0.1) is 11.3 Å². The van der Waals surface area contributed by atoms with Crippen LogP contribution >= 0.6 is 27.3 Å². The molecule has 0 spiro atoms. The molecule has 0 aromatic carbocycles. The van der Waals surface area contributed by atoms with E-state index in [0.29, 0.717) is 11.0 Å². The number of nitrogens with one attached hydrogen (secondary N) is 2. The van der Waals surface area contributed by atoms with Crippen LogP contribution in [0.25, 0.3) is 0 Å². The number of rotatable bonds is 2. The van der Waals surface area contributed by atoms with E-state index in [1.807, 2.05) is 0 Å². The molecular weight excluding hydrogens is 290 g/mol. The largest absolute Gasteiger partial charge is 0.346 e. The Bertz CT molecular complexity index is 422. The fraction of sp³-hybridized carbons (Fsp3) is 0.600. The van der Waals surface area contributed by atoms with E-state index >= 15 is 0 Å². The molecule has 3 rings (SSSR count). The summed E-state index contributed by atoms with van der Waals surface area (Å²) in [5, 5.41) is 7.03.